The quantitative estimate of drug-likeness (QED) is 0.807. The zero-order valence-corrected chi connectivity index (χ0v) is 12.6. The third-order valence-electron chi connectivity index (χ3n) is 3.50. The van der Waals surface area contributed by atoms with E-state index in [0.717, 1.165) is 24.8 Å². The second kappa shape index (κ2) is 6.87. The van der Waals surface area contributed by atoms with E-state index >= 15 is 0 Å². The molecule has 0 saturated carbocycles. The molecule has 1 amide bonds. The number of rotatable bonds is 5. The molecule has 6 heteroatoms. The van der Waals surface area contributed by atoms with Gasteiger partial charge < -0.3 is 5.32 Å². The molecule has 114 valence electrons. The first-order chi connectivity index (χ1) is 9.94. The van der Waals surface area contributed by atoms with Crippen molar-refractivity contribution in [2.75, 3.05) is 0 Å². The summed E-state index contributed by atoms with van der Waals surface area (Å²) in [6.07, 6.45) is 6.82. The Morgan fingerprint density at radius 2 is 1.86 bits per heavy atom. The Labute approximate surface area is 125 Å². The SMILES string of the molecule is NS(=O)(=O)Cc1ccc(CNC(=O)C2CC=CCC2)cc1. The predicted molar refractivity (Wildman–Crippen MR) is 81.6 cm³/mol. The molecule has 1 aliphatic carbocycles. The number of benzene rings is 1. The van der Waals surface area contributed by atoms with E-state index in [1.165, 1.54) is 0 Å². The van der Waals surface area contributed by atoms with Gasteiger partial charge >= 0.3 is 0 Å². The molecule has 21 heavy (non-hydrogen) atoms. The van der Waals surface area contributed by atoms with Crippen molar-refractivity contribution in [1.82, 2.24) is 5.32 Å². The van der Waals surface area contributed by atoms with Crippen LogP contribution >= 0.6 is 0 Å². The van der Waals surface area contributed by atoms with Gasteiger partial charge in [0, 0.05) is 12.5 Å². The van der Waals surface area contributed by atoms with Gasteiger partial charge in [-0.25, -0.2) is 13.6 Å². The van der Waals surface area contributed by atoms with Gasteiger partial charge in [0.05, 0.1) is 5.75 Å². The standard InChI is InChI=1S/C15H20N2O3S/c16-21(19,20)11-13-8-6-12(7-9-13)10-17-15(18)14-4-2-1-3-5-14/h1-2,6-9,14H,3-5,10-11H2,(H,17,18)(H2,16,19,20). The van der Waals surface area contributed by atoms with E-state index in [2.05, 4.69) is 17.5 Å². The first-order valence-corrected chi connectivity index (χ1v) is 8.66. The summed E-state index contributed by atoms with van der Waals surface area (Å²) in [5.74, 6) is -0.0294. The number of allylic oxidation sites excluding steroid dienone is 2. The fourth-order valence-electron chi connectivity index (χ4n) is 2.35. The van der Waals surface area contributed by atoms with Crippen LogP contribution in [0.1, 0.15) is 30.4 Å². The van der Waals surface area contributed by atoms with Gasteiger partial charge in [-0.05, 0) is 30.4 Å². The smallest absolute Gasteiger partial charge is 0.223 e. The molecule has 0 bridgehead atoms. The minimum atomic E-state index is -3.51. The molecular formula is C15H20N2O3S. The summed E-state index contributed by atoms with van der Waals surface area (Å²) in [6, 6.07) is 7.05. The summed E-state index contributed by atoms with van der Waals surface area (Å²) in [6.45, 7) is 0.453. The monoisotopic (exact) mass is 308 g/mol. The topological polar surface area (TPSA) is 89.3 Å². The molecular weight excluding hydrogens is 288 g/mol. The minimum Gasteiger partial charge on any atom is -0.352 e. The molecule has 0 saturated heterocycles. The van der Waals surface area contributed by atoms with E-state index in [9.17, 15) is 13.2 Å². The summed E-state index contributed by atoms with van der Waals surface area (Å²) in [7, 11) is -3.51. The number of amides is 1. The van der Waals surface area contributed by atoms with Gasteiger partial charge in [0.25, 0.3) is 0 Å². The van der Waals surface area contributed by atoms with Crippen molar-refractivity contribution >= 4 is 15.9 Å². The first kappa shape index (κ1) is 15.7. The van der Waals surface area contributed by atoms with Gasteiger partial charge in [-0.3, -0.25) is 4.79 Å². The number of carbonyl (C=O) groups is 1. The zero-order valence-electron chi connectivity index (χ0n) is 11.8. The molecule has 0 radical (unpaired) electrons. The highest BCUT2D eigenvalue weighted by molar-refractivity contribution is 7.88. The molecule has 1 aliphatic rings. The van der Waals surface area contributed by atoms with Crippen LogP contribution in [0.25, 0.3) is 0 Å². The molecule has 1 unspecified atom stereocenters. The fourth-order valence-corrected chi connectivity index (χ4v) is 3.01. The van der Waals surface area contributed by atoms with Crippen LogP contribution in [0.4, 0.5) is 0 Å². The summed E-state index contributed by atoms with van der Waals surface area (Å²) < 4.78 is 22.0. The Morgan fingerprint density at radius 1 is 1.19 bits per heavy atom. The van der Waals surface area contributed by atoms with Crippen LogP contribution in [-0.4, -0.2) is 14.3 Å². The van der Waals surface area contributed by atoms with Crippen LogP contribution in [0.15, 0.2) is 36.4 Å². The van der Waals surface area contributed by atoms with Crippen LogP contribution in [0.3, 0.4) is 0 Å². The van der Waals surface area contributed by atoms with E-state index in [4.69, 9.17) is 5.14 Å². The Bertz CT molecular complexity index is 621. The Balaban J connectivity index is 1.86. The Hall–Kier alpha value is -1.66. The highest BCUT2D eigenvalue weighted by Gasteiger charge is 2.17. The highest BCUT2D eigenvalue weighted by atomic mass is 32.2. The van der Waals surface area contributed by atoms with Crippen molar-refractivity contribution in [3.63, 3.8) is 0 Å². The Kier molecular flexibility index (Phi) is 5.14. The zero-order chi connectivity index (χ0) is 15.3. The van der Waals surface area contributed by atoms with E-state index < -0.39 is 10.0 Å². The molecule has 2 rings (SSSR count). The molecule has 3 N–H and O–H groups in total. The molecule has 5 nitrogen and oxygen atoms in total. The Morgan fingerprint density at radius 3 is 2.43 bits per heavy atom. The maximum absolute atomic E-state index is 12.0. The van der Waals surface area contributed by atoms with Crippen molar-refractivity contribution in [3.05, 3.63) is 47.5 Å². The number of hydrogen-bond acceptors (Lipinski definition) is 3. The van der Waals surface area contributed by atoms with Gasteiger partial charge in [0.2, 0.25) is 15.9 Å². The summed E-state index contributed by atoms with van der Waals surface area (Å²) in [4.78, 5) is 12.0. The lowest BCUT2D eigenvalue weighted by Gasteiger charge is -2.17. The number of nitrogens with one attached hydrogen (secondary N) is 1. The van der Waals surface area contributed by atoms with Crippen LogP contribution < -0.4 is 10.5 Å². The highest BCUT2D eigenvalue weighted by Crippen LogP contribution is 2.18. The van der Waals surface area contributed by atoms with Crippen LogP contribution in [0.5, 0.6) is 0 Å². The number of carbonyl (C=O) groups excluding carboxylic acids is 1. The lowest BCUT2D eigenvalue weighted by atomic mass is 9.93. The van der Waals surface area contributed by atoms with Crippen molar-refractivity contribution in [2.45, 2.75) is 31.6 Å². The third kappa shape index (κ3) is 5.32. The molecule has 1 aromatic rings. The average Bonchev–Trinajstić information content (AvgIpc) is 2.45. The van der Waals surface area contributed by atoms with Gasteiger partial charge in [0.15, 0.2) is 0 Å². The normalized spacial score (nSPS) is 18.4. The van der Waals surface area contributed by atoms with Gasteiger partial charge in [-0.1, -0.05) is 36.4 Å². The van der Waals surface area contributed by atoms with E-state index in [1.54, 1.807) is 12.1 Å². The second-order valence-electron chi connectivity index (χ2n) is 5.32. The van der Waals surface area contributed by atoms with Crippen LogP contribution in [0.2, 0.25) is 0 Å². The second-order valence-corrected chi connectivity index (χ2v) is 6.94. The third-order valence-corrected chi connectivity index (χ3v) is 4.23. The van der Waals surface area contributed by atoms with Crippen molar-refractivity contribution in [1.29, 1.82) is 0 Å². The van der Waals surface area contributed by atoms with Gasteiger partial charge in [-0.2, -0.15) is 0 Å². The summed E-state index contributed by atoms with van der Waals surface area (Å²) >= 11 is 0. The van der Waals surface area contributed by atoms with Crippen molar-refractivity contribution in [2.24, 2.45) is 11.1 Å². The molecule has 0 spiro atoms. The molecule has 0 heterocycles. The van der Waals surface area contributed by atoms with Crippen molar-refractivity contribution in [3.8, 4) is 0 Å². The molecule has 0 aromatic heterocycles. The number of nitrogens with two attached hydrogens (primary N) is 1. The van der Waals surface area contributed by atoms with Crippen molar-refractivity contribution < 1.29 is 13.2 Å². The molecule has 1 atom stereocenters. The van der Waals surface area contributed by atoms with Gasteiger partial charge in [0.1, 0.15) is 0 Å². The first-order valence-electron chi connectivity index (χ1n) is 6.95. The summed E-state index contributed by atoms with van der Waals surface area (Å²) in [5, 5.41) is 7.92. The molecule has 0 fully saturated rings. The summed E-state index contributed by atoms with van der Waals surface area (Å²) in [5.41, 5.74) is 1.58. The van der Waals surface area contributed by atoms with E-state index in [1.807, 2.05) is 12.1 Å². The molecule has 1 aromatic carbocycles. The average molecular weight is 308 g/mol. The van der Waals surface area contributed by atoms with Crippen LogP contribution in [-0.2, 0) is 27.1 Å². The largest absolute Gasteiger partial charge is 0.352 e. The minimum absolute atomic E-state index is 0.0663. The van der Waals surface area contributed by atoms with Gasteiger partial charge in [-0.15, -0.1) is 0 Å². The lowest BCUT2D eigenvalue weighted by molar-refractivity contribution is -0.125. The number of primary sulfonamides is 1. The molecule has 0 aliphatic heterocycles. The lowest BCUT2D eigenvalue weighted by Crippen LogP contribution is -2.30. The maximum Gasteiger partial charge on any atom is 0.223 e. The van der Waals surface area contributed by atoms with Crippen LogP contribution in [0, 0.1) is 5.92 Å². The number of sulfonamides is 1. The van der Waals surface area contributed by atoms with E-state index in [0.29, 0.717) is 12.1 Å². The number of hydrogen-bond donors (Lipinski definition) is 2. The van der Waals surface area contributed by atoms with E-state index in [-0.39, 0.29) is 17.6 Å². The maximum atomic E-state index is 12.0. The predicted octanol–water partition coefficient (Wildman–Crippen LogP) is 1.45. The fraction of sp³-hybridized carbons (Fsp3) is 0.400.